The van der Waals surface area contributed by atoms with E-state index in [9.17, 15) is 0 Å². The first-order valence-electron chi connectivity index (χ1n) is 3.38. The van der Waals surface area contributed by atoms with Crippen molar-refractivity contribution in [1.82, 2.24) is 4.90 Å². The SMILES string of the molecule is CC#CCN(C)CCSC. The van der Waals surface area contributed by atoms with Crippen molar-refractivity contribution in [3.05, 3.63) is 0 Å². The van der Waals surface area contributed by atoms with Gasteiger partial charge in [0.2, 0.25) is 0 Å². The van der Waals surface area contributed by atoms with Gasteiger partial charge in [-0.3, -0.25) is 4.90 Å². The Bertz CT molecular complexity index is 123. The molecule has 0 aromatic rings. The molecule has 0 rings (SSSR count). The van der Waals surface area contributed by atoms with Crippen LogP contribution < -0.4 is 0 Å². The molecule has 0 amide bonds. The van der Waals surface area contributed by atoms with Crippen molar-refractivity contribution in [3.63, 3.8) is 0 Å². The van der Waals surface area contributed by atoms with E-state index in [2.05, 4.69) is 30.0 Å². The minimum absolute atomic E-state index is 0.900. The molecule has 0 fully saturated rings. The molecule has 0 radical (unpaired) electrons. The van der Waals surface area contributed by atoms with E-state index in [0.717, 1.165) is 13.1 Å². The van der Waals surface area contributed by atoms with Crippen molar-refractivity contribution in [2.24, 2.45) is 0 Å². The Morgan fingerprint density at radius 2 is 2.20 bits per heavy atom. The minimum atomic E-state index is 0.900. The summed E-state index contributed by atoms with van der Waals surface area (Å²) >= 11 is 1.87. The van der Waals surface area contributed by atoms with Crippen molar-refractivity contribution in [2.45, 2.75) is 6.92 Å². The summed E-state index contributed by atoms with van der Waals surface area (Å²) in [5.41, 5.74) is 0. The van der Waals surface area contributed by atoms with Crippen LogP contribution in [0.5, 0.6) is 0 Å². The van der Waals surface area contributed by atoms with E-state index in [1.165, 1.54) is 5.75 Å². The molecule has 0 bridgehead atoms. The van der Waals surface area contributed by atoms with Crippen LogP contribution in [0.4, 0.5) is 0 Å². The molecular weight excluding hydrogens is 142 g/mol. The molecule has 1 nitrogen and oxygen atoms in total. The predicted molar refractivity (Wildman–Crippen MR) is 49.3 cm³/mol. The first-order valence-corrected chi connectivity index (χ1v) is 4.77. The van der Waals surface area contributed by atoms with Crippen LogP contribution in [0.3, 0.4) is 0 Å². The van der Waals surface area contributed by atoms with Crippen LogP contribution in [-0.4, -0.2) is 37.0 Å². The second kappa shape index (κ2) is 6.98. The summed E-state index contributed by atoms with van der Waals surface area (Å²) in [4.78, 5) is 2.23. The molecule has 0 aliphatic heterocycles. The summed E-state index contributed by atoms with van der Waals surface area (Å²) in [6.07, 6.45) is 2.12. The van der Waals surface area contributed by atoms with Crippen LogP contribution in [0.25, 0.3) is 0 Å². The number of hydrogen-bond acceptors (Lipinski definition) is 2. The summed E-state index contributed by atoms with van der Waals surface area (Å²) in [6, 6.07) is 0. The van der Waals surface area contributed by atoms with Gasteiger partial charge in [0, 0.05) is 12.3 Å². The molecule has 0 aromatic heterocycles. The largest absolute Gasteiger partial charge is 0.295 e. The fraction of sp³-hybridized carbons (Fsp3) is 0.750. The molecule has 2 heteroatoms. The highest BCUT2D eigenvalue weighted by atomic mass is 32.2. The quantitative estimate of drug-likeness (QED) is 0.566. The second-order valence-corrected chi connectivity index (χ2v) is 3.14. The summed E-state index contributed by atoms with van der Waals surface area (Å²) in [5.74, 6) is 7.10. The van der Waals surface area contributed by atoms with Crippen molar-refractivity contribution in [3.8, 4) is 11.8 Å². The number of rotatable bonds is 4. The van der Waals surface area contributed by atoms with Crippen LogP contribution in [0.1, 0.15) is 6.92 Å². The fourth-order valence-electron chi connectivity index (χ4n) is 0.540. The average Bonchev–Trinajstić information content (AvgIpc) is 1.97. The molecule has 0 saturated heterocycles. The van der Waals surface area contributed by atoms with E-state index in [-0.39, 0.29) is 0 Å². The normalized spacial score (nSPS) is 9.20. The second-order valence-electron chi connectivity index (χ2n) is 2.16. The van der Waals surface area contributed by atoms with Crippen molar-refractivity contribution in [2.75, 3.05) is 32.1 Å². The molecule has 0 saturated carbocycles. The molecular formula is C8H15NS. The summed E-state index contributed by atoms with van der Waals surface area (Å²) in [7, 11) is 2.10. The zero-order valence-electron chi connectivity index (χ0n) is 6.98. The van der Waals surface area contributed by atoms with Gasteiger partial charge < -0.3 is 0 Å². The third-order valence-corrected chi connectivity index (χ3v) is 1.79. The first kappa shape index (κ1) is 9.87. The number of nitrogens with zero attached hydrogens (tertiary/aromatic N) is 1. The van der Waals surface area contributed by atoms with E-state index in [1.54, 1.807) is 0 Å². The van der Waals surface area contributed by atoms with Crippen LogP contribution in [0.2, 0.25) is 0 Å². The average molecular weight is 157 g/mol. The Balaban J connectivity index is 3.21. The Morgan fingerprint density at radius 3 is 2.70 bits per heavy atom. The van der Waals surface area contributed by atoms with Gasteiger partial charge in [-0.2, -0.15) is 11.8 Å². The van der Waals surface area contributed by atoms with Gasteiger partial charge in [-0.25, -0.2) is 0 Å². The third-order valence-electron chi connectivity index (χ3n) is 1.20. The van der Waals surface area contributed by atoms with E-state index < -0.39 is 0 Å². The van der Waals surface area contributed by atoms with Gasteiger partial charge in [-0.05, 0) is 20.2 Å². The molecule has 0 spiro atoms. The zero-order chi connectivity index (χ0) is 7.82. The fourth-order valence-corrected chi connectivity index (χ4v) is 1.03. The Hall–Kier alpha value is -0.130. The maximum atomic E-state index is 3.02. The van der Waals surface area contributed by atoms with Gasteiger partial charge >= 0.3 is 0 Å². The molecule has 0 N–H and O–H groups in total. The van der Waals surface area contributed by atoms with Gasteiger partial charge in [0.15, 0.2) is 0 Å². The number of thioether (sulfide) groups is 1. The van der Waals surface area contributed by atoms with Gasteiger partial charge in [-0.15, -0.1) is 5.92 Å². The molecule has 0 aromatic carbocycles. The lowest BCUT2D eigenvalue weighted by Crippen LogP contribution is -2.21. The maximum Gasteiger partial charge on any atom is 0.0599 e. The highest BCUT2D eigenvalue weighted by molar-refractivity contribution is 7.98. The van der Waals surface area contributed by atoms with Crippen molar-refractivity contribution >= 4 is 11.8 Å². The molecule has 0 aliphatic carbocycles. The van der Waals surface area contributed by atoms with Gasteiger partial charge in [0.05, 0.1) is 6.54 Å². The number of hydrogen-bond donors (Lipinski definition) is 0. The lowest BCUT2D eigenvalue weighted by molar-refractivity contribution is 0.402. The summed E-state index contributed by atoms with van der Waals surface area (Å²) in [6.45, 7) is 3.91. The summed E-state index contributed by atoms with van der Waals surface area (Å²) < 4.78 is 0. The lowest BCUT2D eigenvalue weighted by Gasteiger charge is -2.10. The predicted octanol–water partition coefficient (Wildman–Crippen LogP) is 1.30. The Kier molecular flexibility index (Phi) is 6.89. The monoisotopic (exact) mass is 157 g/mol. The van der Waals surface area contributed by atoms with Crippen LogP contribution in [0, 0.1) is 11.8 Å². The molecule has 0 atom stereocenters. The standard InChI is InChI=1S/C8H15NS/c1-4-5-6-9(2)7-8-10-3/h6-8H2,1-3H3. The Labute approximate surface area is 68.2 Å². The van der Waals surface area contributed by atoms with E-state index in [0.29, 0.717) is 0 Å². The van der Waals surface area contributed by atoms with Gasteiger partial charge in [0.25, 0.3) is 0 Å². The highest BCUT2D eigenvalue weighted by Gasteiger charge is 1.91. The van der Waals surface area contributed by atoms with Crippen LogP contribution in [-0.2, 0) is 0 Å². The lowest BCUT2D eigenvalue weighted by atomic mass is 10.5. The molecule has 0 heterocycles. The van der Waals surface area contributed by atoms with E-state index >= 15 is 0 Å². The summed E-state index contributed by atoms with van der Waals surface area (Å²) in [5, 5.41) is 0. The molecule has 0 unspecified atom stereocenters. The molecule has 58 valence electrons. The molecule has 10 heavy (non-hydrogen) atoms. The minimum Gasteiger partial charge on any atom is -0.295 e. The van der Waals surface area contributed by atoms with Crippen LogP contribution >= 0.6 is 11.8 Å². The highest BCUT2D eigenvalue weighted by Crippen LogP contribution is 1.91. The van der Waals surface area contributed by atoms with Crippen LogP contribution in [0.15, 0.2) is 0 Å². The first-order chi connectivity index (χ1) is 4.81. The van der Waals surface area contributed by atoms with Crippen molar-refractivity contribution < 1.29 is 0 Å². The Morgan fingerprint density at radius 1 is 1.50 bits per heavy atom. The third kappa shape index (κ3) is 6.00. The van der Waals surface area contributed by atoms with Gasteiger partial charge in [0.1, 0.15) is 0 Å². The topological polar surface area (TPSA) is 3.24 Å². The van der Waals surface area contributed by atoms with E-state index in [1.807, 2.05) is 18.7 Å². The zero-order valence-corrected chi connectivity index (χ0v) is 7.79. The maximum absolute atomic E-state index is 3.02. The van der Waals surface area contributed by atoms with E-state index in [4.69, 9.17) is 0 Å². The smallest absolute Gasteiger partial charge is 0.0599 e. The molecule has 0 aliphatic rings. The van der Waals surface area contributed by atoms with Crippen molar-refractivity contribution in [1.29, 1.82) is 0 Å². The van der Waals surface area contributed by atoms with Gasteiger partial charge in [-0.1, -0.05) is 5.92 Å².